The number of nitrogens with one attached hydrogen (secondary N) is 1. The predicted octanol–water partition coefficient (Wildman–Crippen LogP) is 3.09. The highest BCUT2D eigenvalue weighted by atomic mass is 15.0. The first-order chi connectivity index (χ1) is 8.25. The molecule has 1 aliphatic heterocycles. The summed E-state index contributed by atoms with van der Waals surface area (Å²) in [6, 6.07) is 11.8. The van der Waals surface area contributed by atoms with Crippen LogP contribution in [0.5, 0.6) is 0 Å². The lowest BCUT2D eigenvalue weighted by Crippen LogP contribution is -2.26. The molecule has 0 aliphatic carbocycles. The molecule has 2 heteroatoms. The fourth-order valence-electron chi connectivity index (χ4n) is 3.04. The Hall–Kier alpha value is -1.41. The van der Waals surface area contributed by atoms with Crippen LogP contribution in [0.1, 0.15) is 31.7 Å². The molecule has 2 aromatic rings. The van der Waals surface area contributed by atoms with Crippen molar-refractivity contribution in [2.24, 2.45) is 0 Å². The van der Waals surface area contributed by atoms with Gasteiger partial charge in [0.05, 0.1) is 5.52 Å². The Kier molecular flexibility index (Phi) is 2.60. The number of aromatic nitrogens is 1. The zero-order valence-electron chi connectivity index (χ0n) is 10.4. The lowest BCUT2D eigenvalue weighted by molar-refractivity contribution is 0.576. The SMILES string of the molecule is CC1CC(c2cccc3cccnc23)C(C)N1. The number of nitrogens with zero attached hydrogens (tertiary/aromatic N) is 1. The molecule has 1 aromatic carbocycles. The summed E-state index contributed by atoms with van der Waals surface area (Å²) in [7, 11) is 0. The molecule has 3 rings (SSSR count). The fourth-order valence-corrected chi connectivity index (χ4v) is 3.04. The lowest BCUT2D eigenvalue weighted by Gasteiger charge is -2.16. The Morgan fingerprint density at radius 3 is 2.76 bits per heavy atom. The van der Waals surface area contributed by atoms with Crippen molar-refractivity contribution in [3.05, 3.63) is 42.1 Å². The standard InChI is InChI=1S/C15H18N2/c1-10-9-14(11(2)17-10)13-7-3-5-12-6-4-8-16-15(12)13/h3-8,10-11,14,17H,9H2,1-2H3. The van der Waals surface area contributed by atoms with Gasteiger partial charge in [0.25, 0.3) is 0 Å². The summed E-state index contributed by atoms with van der Waals surface area (Å²) in [4.78, 5) is 4.56. The third kappa shape index (κ3) is 1.83. The average molecular weight is 226 g/mol. The summed E-state index contributed by atoms with van der Waals surface area (Å²) >= 11 is 0. The van der Waals surface area contributed by atoms with Crippen LogP contribution in [0.4, 0.5) is 0 Å². The van der Waals surface area contributed by atoms with Crippen LogP contribution in [0.15, 0.2) is 36.5 Å². The van der Waals surface area contributed by atoms with E-state index in [9.17, 15) is 0 Å². The quantitative estimate of drug-likeness (QED) is 0.808. The summed E-state index contributed by atoms with van der Waals surface area (Å²) in [6.07, 6.45) is 3.10. The van der Waals surface area contributed by atoms with Gasteiger partial charge in [0.15, 0.2) is 0 Å². The van der Waals surface area contributed by atoms with E-state index < -0.39 is 0 Å². The molecule has 0 spiro atoms. The van der Waals surface area contributed by atoms with Crippen molar-refractivity contribution < 1.29 is 0 Å². The molecule has 0 saturated carbocycles. The first-order valence-corrected chi connectivity index (χ1v) is 6.35. The zero-order chi connectivity index (χ0) is 11.8. The van der Waals surface area contributed by atoms with Gasteiger partial charge >= 0.3 is 0 Å². The smallest absolute Gasteiger partial charge is 0.0737 e. The van der Waals surface area contributed by atoms with Crippen molar-refractivity contribution >= 4 is 10.9 Å². The molecule has 0 bridgehead atoms. The van der Waals surface area contributed by atoms with E-state index in [1.807, 2.05) is 12.3 Å². The molecule has 1 fully saturated rings. The van der Waals surface area contributed by atoms with Crippen molar-refractivity contribution in [3.63, 3.8) is 0 Å². The number of hydrogen-bond acceptors (Lipinski definition) is 2. The highest BCUT2D eigenvalue weighted by molar-refractivity contribution is 5.82. The van der Waals surface area contributed by atoms with Gasteiger partial charge in [-0.25, -0.2) is 0 Å². The van der Waals surface area contributed by atoms with Gasteiger partial charge in [-0.05, 0) is 31.9 Å². The van der Waals surface area contributed by atoms with Gasteiger partial charge in [0, 0.05) is 29.6 Å². The van der Waals surface area contributed by atoms with Crippen LogP contribution in [0.25, 0.3) is 10.9 Å². The molecule has 0 amide bonds. The molecule has 1 aliphatic rings. The predicted molar refractivity (Wildman–Crippen MR) is 71.2 cm³/mol. The first kappa shape index (κ1) is 10.7. The van der Waals surface area contributed by atoms with Crippen molar-refractivity contribution in [1.29, 1.82) is 0 Å². The molecule has 88 valence electrons. The van der Waals surface area contributed by atoms with Gasteiger partial charge in [-0.3, -0.25) is 4.98 Å². The summed E-state index contributed by atoms with van der Waals surface area (Å²) in [5, 5.41) is 4.85. The van der Waals surface area contributed by atoms with Gasteiger partial charge in [-0.1, -0.05) is 24.3 Å². The minimum Gasteiger partial charge on any atom is -0.311 e. The third-order valence-corrected chi connectivity index (χ3v) is 3.82. The Labute approximate surface area is 102 Å². The Morgan fingerprint density at radius 2 is 2.00 bits per heavy atom. The van der Waals surface area contributed by atoms with E-state index in [1.165, 1.54) is 22.9 Å². The van der Waals surface area contributed by atoms with Gasteiger partial charge in [0.2, 0.25) is 0 Å². The van der Waals surface area contributed by atoms with E-state index in [2.05, 4.69) is 48.4 Å². The lowest BCUT2D eigenvalue weighted by atomic mass is 9.90. The number of fused-ring (bicyclic) bond motifs is 1. The van der Waals surface area contributed by atoms with Crippen molar-refractivity contribution in [2.45, 2.75) is 38.3 Å². The van der Waals surface area contributed by atoms with E-state index >= 15 is 0 Å². The molecular weight excluding hydrogens is 208 g/mol. The zero-order valence-corrected chi connectivity index (χ0v) is 10.4. The van der Waals surface area contributed by atoms with Gasteiger partial charge in [-0.15, -0.1) is 0 Å². The number of hydrogen-bond donors (Lipinski definition) is 1. The molecule has 3 atom stereocenters. The molecule has 2 heterocycles. The Bertz CT molecular complexity index is 530. The van der Waals surface area contributed by atoms with E-state index in [-0.39, 0.29) is 0 Å². The van der Waals surface area contributed by atoms with E-state index in [4.69, 9.17) is 0 Å². The minimum absolute atomic E-state index is 0.539. The fraction of sp³-hybridized carbons (Fsp3) is 0.400. The van der Waals surface area contributed by atoms with Crippen LogP contribution in [-0.2, 0) is 0 Å². The molecule has 0 radical (unpaired) electrons. The second kappa shape index (κ2) is 4.11. The van der Waals surface area contributed by atoms with Crippen LogP contribution < -0.4 is 5.32 Å². The van der Waals surface area contributed by atoms with E-state index in [0.717, 1.165) is 0 Å². The maximum Gasteiger partial charge on any atom is 0.0737 e. The molecule has 2 nitrogen and oxygen atoms in total. The maximum atomic E-state index is 4.56. The number of para-hydroxylation sites is 1. The number of pyridine rings is 1. The molecule has 1 aromatic heterocycles. The summed E-state index contributed by atoms with van der Waals surface area (Å²) in [6.45, 7) is 4.53. The van der Waals surface area contributed by atoms with Crippen LogP contribution in [0.3, 0.4) is 0 Å². The Morgan fingerprint density at radius 1 is 1.18 bits per heavy atom. The van der Waals surface area contributed by atoms with Crippen LogP contribution in [0.2, 0.25) is 0 Å². The molecule has 1 N–H and O–H groups in total. The summed E-state index contributed by atoms with van der Waals surface area (Å²) in [5.41, 5.74) is 2.57. The molecule has 17 heavy (non-hydrogen) atoms. The summed E-state index contributed by atoms with van der Waals surface area (Å²) in [5.74, 6) is 0.587. The maximum absolute atomic E-state index is 4.56. The van der Waals surface area contributed by atoms with Gasteiger partial charge < -0.3 is 5.32 Å². The number of benzene rings is 1. The molecule has 1 saturated heterocycles. The van der Waals surface area contributed by atoms with Crippen LogP contribution >= 0.6 is 0 Å². The molecule has 3 unspecified atom stereocenters. The third-order valence-electron chi connectivity index (χ3n) is 3.82. The monoisotopic (exact) mass is 226 g/mol. The largest absolute Gasteiger partial charge is 0.311 e. The Balaban J connectivity index is 2.11. The van der Waals surface area contributed by atoms with Gasteiger partial charge in [0.1, 0.15) is 0 Å². The number of rotatable bonds is 1. The molecular formula is C15H18N2. The first-order valence-electron chi connectivity index (χ1n) is 6.35. The normalized spacial score (nSPS) is 28.7. The average Bonchev–Trinajstić information content (AvgIpc) is 2.68. The van der Waals surface area contributed by atoms with Crippen molar-refractivity contribution in [1.82, 2.24) is 10.3 Å². The second-order valence-corrected chi connectivity index (χ2v) is 5.12. The van der Waals surface area contributed by atoms with Crippen molar-refractivity contribution in [2.75, 3.05) is 0 Å². The van der Waals surface area contributed by atoms with Crippen LogP contribution in [-0.4, -0.2) is 17.1 Å². The highest BCUT2D eigenvalue weighted by Crippen LogP contribution is 2.33. The van der Waals surface area contributed by atoms with E-state index in [0.29, 0.717) is 18.0 Å². The van der Waals surface area contributed by atoms with Crippen molar-refractivity contribution in [3.8, 4) is 0 Å². The van der Waals surface area contributed by atoms with E-state index in [1.54, 1.807) is 0 Å². The van der Waals surface area contributed by atoms with Crippen LogP contribution in [0, 0.1) is 0 Å². The minimum atomic E-state index is 0.539. The van der Waals surface area contributed by atoms with Gasteiger partial charge in [-0.2, -0.15) is 0 Å². The second-order valence-electron chi connectivity index (χ2n) is 5.12. The summed E-state index contributed by atoms with van der Waals surface area (Å²) < 4.78 is 0. The highest BCUT2D eigenvalue weighted by Gasteiger charge is 2.30. The topological polar surface area (TPSA) is 24.9 Å².